The lowest BCUT2D eigenvalue weighted by Gasteiger charge is -2.11. The number of nitrogens with one attached hydrogen (secondary N) is 1. The Hall–Kier alpha value is -0.620. The van der Waals surface area contributed by atoms with Crippen molar-refractivity contribution in [1.82, 2.24) is 5.32 Å². The van der Waals surface area contributed by atoms with Crippen molar-refractivity contribution in [3.63, 3.8) is 0 Å². The average Bonchev–Trinajstić information content (AvgIpc) is 2.32. The van der Waals surface area contributed by atoms with Gasteiger partial charge in [0.25, 0.3) is 0 Å². The molecule has 1 aromatic rings. The number of benzene rings is 1. The van der Waals surface area contributed by atoms with Crippen LogP contribution >= 0.6 is 22.6 Å². The Labute approximate surface area is 116 Å². The highest BCUT2D eigenvalue weighted by atomic mass is 127. The maximum absolute atomic E-state index is 11.2. The molecule has 1 N–H and O–H groups in total. The molecule has 1 aromatic carbocycles. The topological polar surface area (TPSA) is 38.3 Å². The van der Waals surface area contributed by atoms with E-state index in [0.717, 1.165) is 6.54 Å². The predicted molar refractivity (Wildman–Crippen MR) is 77.4 cm³/mol. The maximum atomic E-state index is 11.2. The molecule has 17 heavy (non-hydrogen) atoms. The van der Waals surface area contributed by atoms with Crippen molar-refractivity contribution in [3.8, 4) is 0 Å². The van der Waals surface area contributed by atoms with Gasteiger partial charge in [-0.1, -0.05) is 46.4 Å². The van der Waals surface area contributed by atoms with Crippen molar-refractivity contribution >= 4 is 28.6 Å². The number of methoxy groups -OCH3 is 1. The van der Waals surface area contributed by atoms with Gasteiger partial charge in [0.05, 0.1) is 7.11 Å². The zero-order valence-corrected chi connectivity index (χ0v) is 12.6. The van der Waals surface area contributed by atoms with E-state index < -0.39 is 0 Å². The first-order chi connectivity index (χ1) is 8.04. The van der Waals surface area contributed by atoms with Crippen LogP contribution in [0, 0.1) is 13.8 Å². The van der Waals surface area contributed by atoms with E-state index in [1.807, 2.05) is 0 Å². The highest BCUT2D eigenvalue weighted by molar-refractivity contribution is 14.1. The second-order valence-electron chi connectivity index (χ2n) is 4.05. The van der Waals surface area contributed by atoms with Crippen LogP contribution in [0.5, 0.6) is 0 Å². The van der Waals surface area contributed by atoms with E-state index in [9.17, 15) is 4.79 Å². The van der Waals surface area contributed by atoms with Crippen molar-refractivity contribution in [1.29, 1.82) is 0 Å². The van der Waals surface area contributed by atoms with Crippen molar-refractivity contribution < 1.29 is 9.53 Å². The summed E-state index contributed by atoms with van der Waals surface area (Å²) in [5, 5.41) is 3.28. The van der Waals surface area contributed by atoms with E-state index in [4.69, 9.17) is 0 Å². The molecule has 0 bridgehead atoms. The minimum atomic E-state index is -0.181. The molecule has 0 fully saturated rings. The number of carbonyl (C=O) groups is 1. The molecule has 0 aromatic heterocycles. The van der Waals surface area contributed by atoms with Crippen LogP contribution in [0.3, 0.4) is 0 Å². The highest BCUT2D eigenvalue weighted by Gasteiger charge is 2.14. The smallest absolute Gasteiger partial charge is 0.319 e. The van der Waals surface area contributed by atoms with Gasteiger partial charge in [0.15, 0.2) is 0 Å². The Bertz CT molecular complexity index is 393. The van der Waals surface area contributed by atoms with Crippen LogP contribution in [-0.4, -0.2) is 23.5 Å². The lowest BCUT2D eigenvalue weighted by atomic mass is 10.1. The van der Waals surface area contributed by atoms with Gasteiger partial charge in [0, 0.05) is 13.1 Å². The van der Waals surface area contributed by atoms with Gasteiger partial charge < -0.3 is 10.1 Å². The molecule has 0 aliphatic heterocycles. The zero-order chi connectivity index (χ0) is 12.8. The van der Waals surface area contributed by atoms with Crippen molar-refractivity contribution in [3.05, 3.63) is 34.9 Å². The fraction of sp³-hybridized carbons (Fsp3) is 0.462. The van der Waals surface area contributed by atoms with Gasteiger partial charge in [-0.2, -0.15) is 0 Å². The molecule has 0 aliphatic carbocycles. The van der Waals surface area contributed by atoms with E-state index in [2.05, 4.69) is 64.7 Å². The van der Waals surface area contributed by atoms with Crippen LogP contribution in [0.2, 0.25) is 0 Å². The molecular weight excluding hydrogens is 329 g/mol. The predicted octanol–water partition coefficient (Wildman–Crippen LogP) is 2.37. The van der Waals surface area contributed by atoms with E-state index in [1.165, 1.54) is 23.8 Å². The molecule has 0 saturated carbocycles. The Balaban J connectivity index is 2.45. The normalized spacial score (nSPS) is 12.2. The minimum Gasteiger partial charge on any atom is -0.468 e. The van der Waals surface area contributed by atoms with Crippen molar-refractivity contribution in [2.75, 3.05) is 13.7 Å². The lowest BCUT2D eigenvalue weighted by Crippen LogP contribution is -2.29. The number of aryl methyl sites for hydroxylation is 2. The number of rotatable bonds is 5. The van der Waals surface area contributed by atoms with Crippen LogP contribution in [0.4, 0.5) is 0 Å². The lowest BCUT2D eigenvalue weighted by molar-refractivity contribution is -0.139. The summed E-state index contributed by atoms with van der Waals surface area (Å²) in [7, 11) is 1.42. The Kier molecular flexibility index (Phi) is 5.91. The minimum absolute atomic E-state index is 0.136. The molecule has 0 spiro atoms. The Morgan fingerprint density at radius 1 is 1.47 bits per heavy atom. The number of alkyl halides is 1. The summed E-state index contributed by atoms with van der Waals surface area (Å²) < 4.78 is 4.53. The largest absolute Gasteiger partial charge is 0.468 e. The molecule has 4 heteroatoms. The molecule has 3 nitrogen and oxygen atoms in total. The van der Waals surface area contributed by atoms with Crippen LogP contribution in [0.25, 0.3) is 0 Å². The number of hydrogen-bond donors (Lipinski definition) is 1. The van der Waals surface area contributed by atoms with E-state index in [-0.39, 0.29) is 9.89 Å². The summed E-state index contributed by atoms with van der Waals surface area (Å²) in [4.78, 5) is 11.2. The number of ether oxygens (including phenoxy) is 1. The Morgan fingerprint density at radius 3 is 2.82 bits per heavy atom. The molecule has 1 rings (SSSR count). The number of hydrogen-bond acceptors (Lipinski definition) is 3. The molecular formula is C13H18INO2. The van der Waals surface area contributed by atoms with E-state index in [0.29, 0.717) is 6.54 Å². The summed E-state index contributed by atoms with van der Waals surface area (Å²) in [6, 6.07) is 6.39. The van der Waals surface area contributed by atoms with Gasteiger partial charge in [-0.05, 0) is 25.0 Å². The molecule has 0 heterocycles. The fourth-order valence-corrected chi connectivity index (χ4v) is 2.10. The van der Waals surface area contributed by atoms with Gasteiger partial charge in [-0.15, -0.1) is 0 Å². The highest BCUT2D eigenvalue weighted by Crippen LogP contribution is 2.10. The quantitative estimate of drug-likeness (QED) is 0.505. The molecule has 94 valence electrons. The third-order valence-electron chi connectivity index (χ3n) is 2.60. The molecule has 1 atom stereocenters. The fourth-order valence-electron chi connectivity index (χ4n) is 1.54. The average molecular weight is 347 g/mol. The zero-order valence-electron chi connectivity index (χ0n) is 10.4. The van der Waals surface area contributed by atoms with Crippen molar-refractivity contribution in [2.24, 2.45) is 0 Å². The van der Waals surface area contributed by atoms with Crippen LogP contribution in [0.1, 0.15) is 16.7 Å². The summed E-state index contributed by atoms with van der Waals surface area (Å²) >= 11 is 2.09. The third-order valence-corrected chi connectivity index (χ3v) is 3.55. The number of carbonyl (C=O) groups excluding carboxylic acids is 1. The summed E-state index contributed by atoms with van der Waals surface area (Å²) in [5.74, 6) is -0.181. The number of halogens is 1. The molecule has 0 saturated heterocycles. The van der Waals surface area contributed by atoms with Gasteiger partial charge in [-0.25, -0.2) is 0 Å². The second kappa shape index (κ2) is 6.96. The van der Waals surface area contributed by atoms with Gasteiger partial charge in [0.1, 0.15) is 3.92 Å². The Morgan fingerprint density at radius 2 is 2.18 bits per heavy atom. The SMILES string of the molecule is COC(=O)C(I)CNCc1cc(C)ccc1C. The summed E-state index contributed by atoms with van der Waals surface area (Å²) in [6.07, 6.45) is 0. The van der Waals surface area contributed by atoms with Crippen LogP contribution < -0.4 is 5.32 Å². The molecule has 0 aliphatic rings. The third kappa shape index (κ3) is 4.63. The summed E-state index contributed by atoms with van der Waals surface area (Å²) in [5.41, 5.74) is 3.80. The van der Waals surface area contributed by atoms with E-state index >= 15 is 0 Å². The second-order valence-corrected chi connectivity index (χ2v) is 5.56. The van der Waals surface area contributed by atoms with Crippen LogP contribution in [0.15, 0.2) is 18.2 Å². The first-order valence-corrected chi connectivity index (χ1v) is 6.78. The molecule has 0 amide bonds. The van der Waals surface area contributed by atoms with Gasteiger partial charge >= 0.3 is 5.97 Å². The maximum Gasteiger partial charge on any atom is 0.319 e. The monoisotopic (exact) mass is 347 g/mol. The van der Waals surface area contributed by atoms with Gasteiger partial charge in [0.2, 0.25) is 0 Å². The standard InChI is InChI=1S/C13H18INO2/c1-9-4-5-10(2)11(6-9)7-15-8-12(14)13(16)17-3/h4-6,12,15H,7-8H2,1-3H3. The number of esters is 1. The molecule has 0 radical (unpaired) electrons. The summed E-state index contributed by atoms with van der Waals surface area (Å²) in [6.45, 7) is 5.58. The van der Waals surface area contributed by atoms with Crippen molar-refractivity contribution in [2.45, 2.75) is 24.3 Å². The van der Waals surface area contributed by atoms with E-state index in [1.54, 1.807) is 0 Å². The first-order valence-electron chi connectivity index (χ1n) is 5.53. The first kappa shape index (κ1) is 14.4. The van der Waals surface area contributed by atoms with Crippen LogP contribution in [-0.2, 0) is 16.1 Å². The molecule has 1 unspecified atom stereocenters. The van der Waals surface area contributed by atoms with Gasteiger partial charge in [-0.3, -0.25) is 4.79 Å².